The monoisotopic (exact) mass is 264 g/mol. The molecule has 1 aromatic rings. The van der Waals surface area contributed by atoms with E-state index in [0.717, 1.165) is 23.3 Å². The maximum Gasteiger partial charge on any atom is 0.128 e. The van der Waals surface area contributed by atoms with Gasteiger partial charge in [-0.15, -0.1) is 11.6 Å². The lowest BCUT2D eigenvalue weighted by Crippen LogP contribution is -2.35. The molecular formula is C15H21ClN2. The molecule has 2 aliphatic rings. The summed E-state index contributed by atoms with van der Waals surface area (Å²) in [6.45, 7) is 1.17. The summed E-state index contributed by atoms with van der Waals surface area (Å²) < 4.78 is 0. The molecule has 0 amide bonds. The van der Waals surface area contributed by atoms with E-state index in [1.54, 1.807) is 0 Å². The van der Waals surface area contributed by atoms with Crippen LogP contribution >= 0.6 is 11.6 Å². The van der Waals surface area contributed by atoms with Gasteiger partial charge in [-0.3, -0.25) is 0 Å². The molecule has 1 aliphatic carbocycles. The third-order valence-corrected chi connectivity index (χ3v) is 4.81. The van der Waals surface area contributed by atoms with Gasteiger partial charge < -0.3 is 4.90 Å². The second-order valence-electron chi connectivity index (χ2n) is 5.61. The molecule has 1 aromatic heterocycles. The zero-order chi connectivity index (χ0) is 12.4. The zero-order valence-electron chi connectivity index (χ0n) is 10.8. The predicted octanol–water partition coefficient (Wildman–Crippen LogP) is 3.98. The Morgan fingerprint density at radius 2 is 2.00 bits per heavy atom. The minimum Gasteiger partial charge on any atom is -0.353 e. The summed E-state index contributed by atoms with van der Waals surface area (Å²) in [5.41, 5.74) is 1.11. The van der Waals surface area contributed by atoms with Crippen LogP contribution in [0.15, 0.2) is 18.3 Å². The van der Waals surface area contributed by atoms with Crippen molar-refractivity contribution in [3.05, 3.63) is 23.9 Å². The average Bonchev–Trinajstić information content (AvgIpc) is 3.09. The van der Waals surface area contributed by atoms with Gasteiger partial charge in [-0.25, -0.2) is 4.98 Å². The van der Waals surface area contributed by atoms with Crippen molar-refractivity contribution in [1.29, 1.82) is 0 Å². The third-order valence-electron chi connectivity index (χ3n) is 4.50. The van der Waals surface area contributed by atoms with Gasteiger partial charge in [0, 0.05) is 24.7 Å². The highest BCUT2D eigenvalue weighted by molar-refractivity contribution is 6.17. The minimum atomic E-state index is 0.555. The van der Waals surface area contributed by atoms with Gasteiger partial charge in [0.15, 0.2) is 0 Å². The number of anilines is 1. The van der Waals surface area contributed by atoms with E-state index in [1.807, 2.05) is 6.20 Å². The van der Waals surface area contributed by atoms with Gasteiger partial charge in [-0.2, -0.15) is 0 Å². The molecule has 2 heterocycles. The van der Waals surface area contributed by atoms with Crippen LogP contribution in [0.3, 0.4) is 0 Å². The molecular weight excluding hydrogens is 244 g/mol. The normalized spacial score (nSPS) is 24.9. The molecule has 1 atom stereocenters. The Bertz CT molecular complexity index is 384. The molecule has 2 nitrogen and oxygen atoms in total. The Balaban J connectivity index is 1.76. The van der Waals surface area contributed by atoms with E-state index in [2.05, 4.69) is 22.0 Å². The van der Waals surface area contributed by atoms with Crippen LogP contribution in [0.2, 0.25) is 0 Å². The van der Waals surface area contributed by atoms with Gasteiger partial charge in [0.1, 0.15) is 5.82 Å². The minimum absolute atomic E-state index is 0.555. The Hall–Kier alpha value is -0.760. The standard InChI is InChI=1S/C15H21ClN2/c16-10-12-7-8-15(17-11-12)18-9-3-6-14(18)13-4-1-2-5-13/h7-8,11,13-14H,1-6,9-10H2. The first-order valence-electron chi connectivity index (χ1n) is 7.16. The molecule has 18 heavy (non-hydrogen) atoms. The van der Waals surface area contributed by atoms with Gasteiger partial charge in [0.05, 0.1) is 0 Å². The highest BCUT2D eigenvalue weighted by Crippen LogP contribution is 2.37. The summed E-state index contributed by atoms with van der Waals surface area (Å²) >= 11 is 5.82. The highest BCUT2D eigenvalue weighted by atomic mass is 35.5. The Kier molecular flexibility index (Phi) is 3.74. The number of pyridine rings is 1. The quantitative estimate of drug-likeness (QED) is 0.768. The van der Waals surface area contributed by atoms with Crippen molar-refractivity contribution >= 4 is 17.4 Å². The van der Waals surface area contributed by atoms with Crippen molar-refractivity contribution in [2.75, 3.05) is 11.4 Å². The Labute approximate surface area is 114 Å². The molecule has 0 aromatic carbocycles. The number of hydrogen-bond acceptors (Lipinski definition) is 2. The van der Waals surface area contributed by atoms with Crippen LogP contribution in [0.4, 0.5) is 5.82 Å². The van der Waals surface area contributed by atoms with Crippen molar-refractivity contribution in [2.24, 2.45) is 5.92 Å². The molecule has 1 unspecified atom stereocenters. The average molecular weight is 265 g/mol. The molecule has 1 saturated heterocycles. The smallest absolute Gasteiger partial charge is 0.128 e. The molecule has 0 radical (unpaired) electrons. The molecule has 0 spiro atoms. The first-order chi connectivity index (χ1) is 8.88. The fourth-order valence-corrected chi connectivity index (χ4v) is 3.73. The summed E-state index contributed by atoms with van der Waals surface area (Å²) in [7, 11) is 0. The number of alkyl halides is 1. The summed E-state index contributed by atoms with van der Waals surface area (Å²) in [5.74, 6) is 2.61. The lowest BCUT2D eigenvalue weighted by molar-refractivity contribution is 0.429. The second-order valence-corrected chi connectivity index (χ2v) is 5.87. The Morgan fingerprint density at radius 1 is 1.17 bits per heavy atom. The first-order valence-corrected chi connectivity index (χ1v) is 7.69. The maximum absolute atomic E-state index is 5.82. The molecule has 98 valence electrons. The predicted molar refractivity (Wildman–Crippen MR) is 76.1 cm³/mol. The first kappa shape index (κ1) is 12.3. The summed E-state index contributed by atoms with van der Waals surface area (Å²) in [4.78, 5) is 7.13. The largest absolute Gasteiger partial charge is 0.353 e. The van der Waals surface area contributed by atoms with Crippen LogP contribution in [0.1, 0.15) is 44.1 Å². The highest BCUT2D eigenvalue weighted by Gasteiger charge is 2.33. The maximum atomic E-state index is 5.82. The molecule has 2 fully saturated rings. The van der Waals surface area contributed by atoms with Crippen LogP contribution in [-0.2, 0) is 5.88 Å². The molecule has 3 rings (SSSR count). The molecule has 0 bridgehead atoms. The van der Waals surface area contributed by atoms with Gasteiger partial charge in [0.2, 0.25) is 0 Å². The van der Waals surface area contributed by atoms with Gasteiger partial charge in [-0.1, -0.05) is 18.9 Å². The van der Waals surface area contributed by atoms with Crippen LogP contribution in [-0.4, -0.2) is 17.6 Å². The van der Waals surface area contributed by atoms with E-state index in [1.165, 1.54) is 45.1 Å². The zero-order valence-corrected chi connectivity index (χ0v) is 11.6. The van der Waals surface area contributed by atoms with Crippen LogP contribution in [0.5, 0.6) is 0 Å². The summed E-state index contributed by atoms with van der Waals surface area (Å²) in [6.07, 6.45) is 10.3. The van der Waals surface area contributed by atoms with E-state index < -0.39 is 0 Å². The lowest BCUT2D eigenvalue weighted by atomic mass is 9.96. The fraction of sp³-hybridized carbons (Fsp3) is 0.667. The van der Waals surface area contributed by atoms with E-state index in [4.69, 9.17) is 11.6 Å². The molecule has 1 aliphatic heterocycles. The summed E-state index contributed by atoms with van der Waals surface area (Å²) in [6, 6.07) is 4.99. The van der Waals surface area contributed by atoms with Crippen LogP contribution in [0.25, 0.3) is 0 Å². The number of hydrogen-bond donors (Lipinski definition) is 0. The van der Waals surface area contributed by atoms with Crippen molar-refractivity contribution in [3.63, 3.8) is 0 Å². The van der Waals surface area contributed by atoms with Gasteiger partial charge >= 0.3 is 0 Å². The third kappa shape index (κ3) is 2.35. The van der Waals surface area contributed by atoms with E-state index in [9.17, 15) is 0 Å². The van der Waals surface area contributed by atoms with Crippen molar-refractivity contribution in [1.82, 2.24) is 4.98 Å². The molecule has 1 saturated carbocycles. The van der Waals surface area contributed by atoms with E-state index >= 15 is 0 Å². The molecule has 0 N–H and O–H groups in total. The Morgan fingerprint density at radius 3 is 2.67 bits per heavy atom. The van der Waals surface area contributed by atoms with Gasteiger partial charge in [0.25, 0.3) is 0 Å². The molecule has 3 heteroatoms. The summed E-state index contributed by atoms with van der Waals surface area (Å²) in [5, 5.41) is 0. The number of halogens is 1. The van der Waals surface area contributed by atoms with Crippen LogP contribution < -0.4 is 4.90 Å². The number of rotatable bonds is 3. The fourth-order valence-electron chi connectivity index (χ4n) is 3.57. The topological polar surface area (TPSA) is 16.1 Å². The van der Waals surface area contributed by atoms with E-state index in [-0.39, 0.29) is 0 Å². The lowest BCUT2D eigenvalue weighted by Gasteiger charge is -2.30. The van der Waals surface area contributed by atoms with Crippen LogP contribution in [0, 0.1) is 5.92 Å². The van der Waals surface area contributed by atoms with Crippen molar-refractivity contribution < 1.29 is 0 Å². The van der Waals surface area contributed by atoms with E-state index in [0.29, 0.717) is 5.88 Å². The number of nitrogens with zero attached hydrogens (tertiary/aromatic N) is 2. The van der Waals surface area contributed by atoms with Crippen molar-refractivity contribution in [2.45, 2.75) is 50.4 Å². The van der Waals surface area contributed by atoms with Gasteiger partial charge in [-0.05, 0) is 43.2 Å². The SMILES string of the molecule is ClCc1ccc(N2CCCC2C2CCCC2)nc1. The van der Waals surface area contributed by atoms with Crippen molar-refractivity contribution in [3.8, 4) is 0 Å². The number of aromatic nitrogens is 1. The second kappa shape index (κ2) is 5.48.